The molecule has 1 aliphatic carbocycles. The van der Waals surface area contributed by atoms with Gasteiger partial charge in [0.05, 0.1) is 18.7 Å². The topological polar surface area (TPSA) is 94.6 Å². The maximum Gasteiger partial charge on any atom is 0.348 e. The van der Waals surface area contributed by atoms with Crippen molar-refractivity contribution in [3.8, 4) is 0 Å². The summed E-state index contributed by atoms with van der Waals surface area (Å²) >= 11 is 2.65. The van der Waals surface area contributed by atoms with Gasteiger partial charge in [0.15, 0.2) is 11.7 Å². The van der Waals surface area contributed by atoms with Gasteiger partial charge in [-0.05, 0) is 44.2 Å². The smallest absolute Gasteiger partial charge is 0.348 e. The normalized spacial score (nSPS) is 12.9. The molecule has 3 rings (SSSR count). The molecule has 0 saturated carbocycles. The minimum atomic E-state index is -0.480. The number of esters is 2. The van der Waals surface area contributed by atoms with Gasteiger partial charge in [-0.3, -0.25) is 14.9 Å². The summed E-state index contributed by atoms with van der Waals surface area (Å²) < 4.78 is 9.96. The van der Waals surface area contributed by atoms with Crippen LogP contribution in [0.2, 0.25) is 0 Å². The maximum absolute atomic E-state index is 12.2. The molecule has 0 bridgehead atoms. The predicted octanol–water partition coefficient (Wildman–Crippen LogP) is 2.98. The van der Waals surface area contributed by atoms with Crippen molar-refractivity contribution in [2.75, 3.05) is 18.5 Å². The van der Waals surface area contributed by atoms with E-state index in [2.05, 4.69) is 10.3 Å². The third kappa shape index (κ3) is 5.36. The van der Waals surface area contributed by atoms with Crippen LogP contribution in [0.5, 0.6) is 0 Å². The number of aromatic nitrogens is 1. The highest BCUT2D eigenvalue weighted by atomic mass is 32.1. The lowest BCUT2D eigenvalue weighted by molar-refractivity contribution is -0.142. The van der Waals surface area contributed by atoms with Crippen molar-refractivity contribution in [2.45, 2.75) is 39.0 Å². The summed E-state index contributed by atoms with van der Waals surface area (Å²) in [6, 6.07) is 1.88. The molecular formula is C18H20N2O5S2. The summed E-state index contributed by atoms with van der Waals surface area (Å²) in [5.41, 5.74) is 1.74. The van der Waals surface area contributed by atoms with E-state index in [0.717, 1.165) is 25.7 Å². The molecule has 0 spiro atoms. The van der Waals surface area contributed by atoms with Crippen molar-refractivity contribution in [3.63, 3.8) is 0 Å². The first-order chi connectivity index (χ1) is 13.0. The molecule has 7 nitrogen and oxygen atoms in total. The molecule has 144 valence electrons. The molecule has 1 amide bonds. The summed E-state index contributed by atoms with van der Waals surface area (Å²) in [4.78, 5) is 41.5. The molecule has 0 fully saturated rings. The fourth-order valence-corrected chi connectivity index (χ4v) is 4.63. The Hall–Kier alpha value is -2.26. The minimum Gasteiger partial charge on any atom is -0.466 e. The van der Waals surface area contributed by atoms with Crippen LogP contribution in [0.25, 0.3) is 0 Å². The van der Waals surface area contributed by atoms with Gasteiger partial charge in [0, 0.05) is 10.3 Å². The number of amides is 1. The van der Waals surface area contributed by atoms with Crippen molar-refractivity contribution < 1.29 is 23.9 Å². The molecule has 2 aromatic rings. The zero-order chi connectivity index (χ0) is 19.2. The van der Waals surface area contributed by atoms with Crippen LogP contribution in [0.3, 0.4) is 0 Å². The minimum absolute atomic E-state index is 0.0538. The molecule has 0 saturated heterocycles. The lowest BCUT2D eigenvalue weighted by Crippen LogP contribution is -2.20. The number of hydrogen-bond donors (Lipinski definition) is 1. The van der Waals surface area contributed by atoms with E-state index in [1.807, 2.05) is 6.07 Å². The number of carbonyl (C=O) groups excluding carboxylic acids is 3. The van der Waals surface area contributed by atoms with Crippen LogP contribution in [0.4, 0.5) is 5.13 Å². The maximum atomic E-state index is 12.2. The van der Waals surface area contributed by atoms with Crippen LogP contribution in [0.1, 0.15) is 45.6 Å². The number of nitrogens with one attached hydrogen (secondary N) is 1. The Kier molecular flexibility index (Phi) is 6.57. The first-order valence-corrected chi connectivity index (χ1v) is 10.4. The second-order valence-corrected chi connectivity index (χ2v) is 8.01. The third-order valence-electron chi connectivity index (χ3n) is 3.96. The average Bonchev–Trinajstić information content (AvgIpc) is 3.26. The zero-order valence-corrected chi connectivity index (χ0v) is 16.5. The van der Waals surface area contributed by atoms with Crippen LogP contribution in [-0.4, -0.2) is 36.0 Å². The molecule has 2 heterocycles. The Labute approximate surface area is 164 Å². The Balaban J connectivity index is 1.47. The Bertz CT molecular complexity index is 819. The largest absolute Gasteiger partial charge is 0.466 e. The van der Waals surface area contributed by atoms with E-state index in [1.165, 1.54) is 33.1 Å². The van der Waals surface area contributed by atoms with E-state index < -0.39 is 11.9 Å². The highest BCUT2D eigenvalue weighted by molar-refractivity contribution is 7.14. The zero-order valence-electron chi connectivity index (χ0n) is 14.9. The fraction of sp³-hybridized carbons (Fsp3) is 0.444. The number of aryl methyl sites for hydroxylation is 2. The van der Waals surface area contributed by atoms with Gasteiger partial charge in [-0.15, -0.1) is 22.7 Å². The van der Waals surface area contributed by atoms with Gasteiger partial charge in [0.1, 0.15) is 4.88 Å². The van der Waals surface area contributed by atoms with Crippen LogP contribution in [-0.2, 0) is 38.3 Å². The highest BCUT2D eigenvalue weighted by Gasteiger charge is 2.19. The summed E-state index contributed by atoms with van der Waals surface area (Å²) in [5, 5.41) is 4.59. The molecule has 0 unspecified atom stereocenters. The molecule has 9 heteroatoms. The van der Waals surface area contributed by atoms with Crippen molar-refractivity contribution in [1.82, 2.24) is 4.98 Å². The van der Waals surface area contributed by atoms with Crippen LogP contribution in [0.15, 0.2) is 11.4 Å². The van der Waals surface area contributed by atoms with E-state index in [1.54, 1.807) is 12.3 Å². The lowest BCUT2D eigenvalue weighted by atomic mass is 9.99. The number of carbonyl (C=O) groups is 3. The van der Waals surface area contributed by atoms with Gasteiger partial charge < -0.3 is 9.47 Å². The van der Waals surface area contributed by atoms with E-state index in [0.29, 0.717) is 22.3 Å². The van der Waals surface area contributed by atoms with Gasteiger partial charge in [-0.1, -0.05) is 0 Å². The molecule has 1 N–H and O–H groups in total. The lowest BCUT2D eigenvalue weighted by Gasteiger charge is -2.08. The van der Waals surface area contributed by atoms with E-state index in [4.69, 9.17) is 9.47 Å². The van der Waals surface area contributed by atoms with Crippen LogP contribution < -0.4 is 5.32 Å². The number of fused-ring (bicyclic) bond motifs is 1. The standard InChI is InChI=1S/C18H20N2O5S2/c1-2-24-16(22)8-12-10-26-18(19-12)20-15(21)9-25-17(23)14-7-11-5-3-4-6-13(11)27-14/h7,10H,2-6,8-9H2,1H3,(H,19,20,21). The van der Waals surface area contributed by atoms with Gasteiger partial charge in [-0.2, -0.15) is 0 Å². The quantitative estimate of drug-likeness (QED) is 0.708. The molecule has 1 aliphatic rings. The van der Waals surface area contributed by atoms with Gasteiger partial charge >= 0.3 is 11.9 Å². The molecule has 0 radical (unpaired) electrons. The van der Waals surface area contributed by atoms with Crippen molar-refractivity contribution >= 4 is 45.7 Å². The second kappa shape index (κ2) is 9.09. The summed E-state index contributed by atoms with van der Waals surface area (Å²) in [6.45, 7) is 1.66. The first kappa shape index (κ1) is 19.5. The number of hydrogen-bond acceptors (Lipinski definition) is 8. The first-order valence-electron chi connectivity index (χ1n) is 8.73. The Morgan fingerprint density at radius 2 is 2.04 bits per heavy atom. The molecule has 27 heavy (non-hydrogen) atoms. The van der Waals surface area contributed by atoms with Gasteiger partial charge in [-0.25, -0.2) is 9.78 Å². The van der Waals surface area contributed by atoms with Gasteiger partial charge in [0.25, 0.3) is 5.91 Å². The van der Waals surface area contributed by atoms with E-state index >= 15 is 0 Å². The molecule has 2 aromatic heterocycles. The summed E-state index contributed by atoms with van der Waals surface area (Å²) in [7, 11) is 0. The number of thiazole rings is 1. The van der Waals surface area contributed by atoms with E-state index in [-0.39, 0.29) is 19.0 Å². The number of thiophene rings is 1. The molecule has 0 aromatic carbocycles. The highest BCUT2D eigenvalue weighted by Crippen LogP contribution is 2.30. The summed E-state index contributed by atoms with van der Waals surface area (Å²) in [5.74, 6) is -1.32. The fourth-order valence-electron chi connectivity index (χ4n) is 2.75. The SMILES string of the molecule is CCOC(=O)Cc1csc(NC(=O)COC(=O)c2cc3c(s2)CCCC3)n1. The predicted molar refractivity (Wildman–Crippen MR) is 102 cm³/mol. The van der Waals surface area contributed by atoms with Crippen molar-refractivity contribution in [3.05, 3.63) is 32.5 Å². The number of anilines is 1. The number of rotatable bonds is 7. The number of ether oxygens (including phenoxy) is 2. The average molecular weight is 409 g/mol. The summed E-state index contributed by atoms with van der Waals surface area (Å²) in [6.07, 6.45) is 4.35. The molecule has 0 atom stereocenters. The Morgan fingerprint density at radius 3 is 2.81 bits per heavy atom. The number of nitrogens with zero attached hydrogens (tertiary/aromatic N) is 1. The second-order valence-electron chi connectivity index (χ2n) is 6.02. The van der Waals surface area contributed by atoms with Gasteiger partial charge in [0.2, 0.25) is 0 Å². The van der Waals surface area contributed by atoms with Crippen LogP contribution >= 0.6 is 22.7 Å². The van der Waals surface area contributed by atoms with Crippen molar-refractivity contribution in [2.24, 2.45) is 0 Å². The van der Waals surface area contributed by atoms with Crippen LogP contribution in [0, 0.1) is 0 Å². The van der Waals surface area contributed by atoms with E-state index in [9.17, 15) is 14.4 Å². The Morgan fingerprint density at radius 1 is 1.22 bits per heavy atom. The monoisotopic (exact) mass is 408 g/mol. The third-order valence-corrected chi connectivity index (χ3v) is 5.98. The molecule has 0 aliphatic heterocycles. The molecular weight excluding hydrogens is 388 g/mol. The van der Waals surface area contributed by atoms with Crippen molar-refractivity contribution in [1.29, 1.82) is 0 Å².